The molecule has 0 fully saturated rings. The molecule has 0 saturated carbocycles. The summed E-state index contributed by atoms with van der Waals surface area (Å²) < 4.78 is 12.9. The van der Waals surface area contributed by atoms with Crippen LogP contribution in [0.4, 0.5) is 5.69 Å². The zero-order valence-electron chi connectivity index (χ0n) is 16.8. The molecule has 1 aliphatic heterocycles. The van der Waals surface area contributed by atoms with Gasteiger partial charge in [0.1, 0.15) is 11.9 Å². The predicted octanol–water partition coefficient (Wildman–Crippen LogP) is 3.93. The van der Waals surface area contributed by atoms with Crippen LogP contribution in [0, 0.1) is 0 Å². The molecular weight excluding hydrogens is 368 g/mol. The highest BCUT2D eigenvalue weighted by molar-refractivity contribution is 6.03. The van der Waals surface area contributed by atoms with Gasteiger partial charge in [-0.25, -0.2) is 4.68 Å². The second-order valence-corrected chi connectivity index (χ2v) is 7.37. The van der Waals surface area contributed by atoms with Gasteiger partial charge in [0, 0.05) is 5.69 Å². The SMILES string of the molecule is COc1ccc(C2Cn3nnc(C(=O)Nc4ccc(C(C)C)cc4)c3CO2)cc1. The van der Waals surface area contributed by atoms with Gasteiger partial charge in [0.15, 0.2) is 5.69 Å². The maximum atomic E-state index is 12.7. The zero-order chi connectivity index (χ0) is 20.4. The molecule has 0 aliphatic carbocycles. The van der Waals surface area contributed by atoms with Crippen LogP contribution in [0.1, 0.15) is 53.2 Å². The number of carbonyl (C=O) groups is 1. The lowest BCUT2D eigenvalue weighted by Gasteiger charge is -2.24. The Morgan fingerprint density at radius 2 is 1.90 bits per heavy atom. The molecule has 1 aliphatic rings. The van der Waals surface area contributed by atoms with Crippen LogP contribution in [0.2, 0.25) is 0 Å². The van der Waals surface area contributed by atoms with Crippen LogP contribution in [0.15, 0.2) is 48.5 Å². The molecular formula is C22H24N4O3. The van der Waals surface area contributed by atoms with E-state index in [0.717, 1.165) is 17.0 Å². The lowest BCUT2D eigenvalue weighted by atomic mass is 10.0. The summed E-state index contributed by atoms with van der Waals surface area (Å²) in [6, 6.07) is 15.6. The molecule has 1 unspecified atom stereocenters. The number of anilines is 1. The van der Waals surface area contributed by atoms with E-state index < -0.39 is 0 Å². The Morgan fingerprint density at radius 3 is 2.55 bits per heavy atom. The number of methoxy groups -OCH3 is 1. The highest BCUT2D eigenvalue weighted by atomic mass is 16.5. The maximum absolute atomic E-state index is 12.7. The average molecular weight is 392 g/mol. The molecule has 1 atom stereocenters. The summed E-state index contributed by atoms with van der Waals surface area (Å²) in [6.07, 6.45) is -0.144. The van der Waals surface area contributed by atoms with Gasteiger partial charge in [-0.05, 0) is 41.3 Å². The fraction of sp³-hybridized carbons (Fsp3) is 0.318. The van der Waals surface area contributed by atoms with Gasteiger partial charge >= 0.3 is 0 Å². The lowest BCUT2D eigenvalue weighted by molar-refractivity contribution is -0.00173. The summed E-state index contributed by atoms with van der Waals surface area (Å²) in [4.78, 5) is 12.7. The molecule has 1 N–H and O–H groups in total. The second kappa shape index (κ2) is 8.05. The first-order valence-corrected chi connectivity index (χ1v) is 9.64. The van der Waals surface area contributed by atoms with Crippen molar-refractivity contribution in [1.82, 2.24) is 15.0 Å². The van der Waals surface area contributed by atoms with Gasteiger partial charge in [0.25, 0.3) is 5.91 Å². The molecule has 1 aromatic heterocycles. The summed E-state index contributed by atoms with van der Waals surface area (Å²) in [5.74, 6) is 0.960. The van der Waals surface area contributed by atoms with Gasteiger partial charge < -0.3 is 14.8 Å². The van der Waals surface area contributed by atoms with Crippen molar-refractivity contribution < 1.29 is 14.3 Å². The summed E-state index contributed by atoms with van der Waals surface area (Å²) in [6.45, 7) is 5.05. The number of benzene rings is 2. The topological polar surface area (TPSA) is 78.3 Å². The Bertz CT molecular complexity index is 994. The monoisotopic (exact) mass is 392 g/mol. The number of aromatic nitrogens is 3. The van der Waals surface area contributed by atoms with Crippen molar-refractivity contribution >= 4 is 11.6 Å². The predicted molar refractivity (Wildman–Crippen MR) is 109 cm³/mol. The molecule has 150 valence electrons. The van der Waals surface area contributed by atoms with E-state index in [2.05, 4.69) is 29.5 Å². The molecule has 4 rings (SSSR count). The highest BCUT2D eigenvalue weighted by Gasteiger charge is 2.27. The van der Waals surface area contributed by atoms with E-state index in [-0.39, 0.29) is 18.6 Å². The van der Waals surface area contributed by atoms with Gasteiger partial charge in [-0.1, -0.05) is 43.3 Å². The number of nitrogens with zero attached hydrogens (tertiary/aromatic N) is 3. The zero-order valence-corrected chi connectivity index (χ0v) is 16.8. The molecule has 0 saturated heterocycles. The summed E-state index contributed by atoms with van der Waals surface area (Å²) in [5.41, 5.74) is 3.97. The first-order valence-electron chi connectivity index (χ1n) is 9.64. The number of carbonyl (C=O) groups excluding carboxylic acids is 1. The van der Waals surface area contributed by atoms with E-state index in [9.17, 15) is 4.79 Å². The normalized spacial score (nSPS) is 15.8. The van der Waals surface area contributed by atoms with Gasteiger partial charge in [-0.15, -0.1) is 5.10 Å². The van der Waals surface area contributed by atoms with Gasteiger partial charge in [-0.2, -0.15) is 0 Å². The van der Waals surface area contributed by atoms with Crippen LogP contribution in [-0.4, -0.2) is 28.0 Å². The van der Waals surface area contributed by atoms with Crippen LogP contribution >= 0.6 is 0 Å². The Kier molecular flexibility index (Phi) is 5.31. The number of rotatable bonds is 5. The number of fused-ring (bicyclic) bond motifs is 1. The van der Waals surface area contributed by atoms with E-state index in [1.165, 1.54) is 5.56 Å². The smallest absolute Gasteiger partial charge is 0.278 e. The fourth-order valence-corrected chi connectivity index (χ4v) is 3.35. The van der Waals surface area contributed by atoms with Crippen molar-refractivity contribution in [2.24, 2.45) is 0 Å². The fourth-order valence-electron chi connectivity index (χ4n) is 3.35. The third-order valence-corrected chi connectivity index (χ3v) is 5.14. The third kappa shape index (κ3) is 4.00. The quantitative estimate of drug-likeness (QED) is 0.712. The summed E-state index contributed by atoms with van der Waals surface area (Å²) in [5, 5.41) is 11.2. The van der Waals surface area contributed by atoms with Crippen LogP contribution in [0.3, 0.4) is 0 Å². The number of amides is 1. The molecule has 0 bridgehead atoms. The molecule has 7 heteroatoms. The maximum Gasteiger partial charge on any atom is 0.278 e. The Hall–Kier alpha value is -3.19. The largest absolute Gasteiger partial charge is 0.497 e. The first-order chi connectivity index (χ1) is 14.0. The second-order valence-electron chi connectivity index (χ2n) is 7.37. The molecule has 0 spiro atoms. The van der Waals surface area contributed by atoms with E-state index in [4.69, 9.17) is 9.47 Å². The molecule has 7 nitrogen and oxygen atoms in total. The van der Waals surface area contributed by atoms with Crippen LogP contribution in [-0.2, 0) is 17.9 Å². The minimum Gasteiger partial charge on any atom is -0.497 e. The lowest BCUT2D eigenvalue weighted by Crippen LogP contribution is -2.24. The van der Waals surface area contributed by atoms with Crippen molar-refractivity contribution in [3.63, 3.8) is 0 Å². The summed E-state index contributed by atoms with van der Waals surface area (Å²) >= 11 is 0. The van der Waals surface area contributed by atoms with E-state index in [1.807, 2.05) is 48.5 Å². The van der Waals surface area contributed by atoms with Crippen molar-refractivity contribution in [3.8, 4) is 5.75 Å². The standard InChI is InChI=1S/C22H24N4O3/c1-14(2)15-4-8-17(9-5-15)23-22(27)21-19-13-29-20(12-26(19)25-24-21)16-6-10-18(28-3)11-7-16/h4-11,14,20H,12-13H2,1-3H3,(H,23,27). The Labute approximate surface area is 169 Å². The highest BCUT2D eigenvalue weighted by Crippen LogP contribution is 2.28. The van der Waals surface area contributed by atoms with Crippen molar-refractivity contribution in [2.45, 2.75) is 39.0 Å². The number of ether oxygens (including phenoxy) is 2. The number of hydrogen-bond donors (Lipinski definition) is 1. The first kappa shape index (κ1) is 19.1. The van der Waals surface area contributed by atoms with Crippen LogP contribution < -0.4 is 10.1 Å². The van der Waals surface area contributed by atoms with Crippen molar-refractivity contribution in [3.05, 3.63) is 71.0 Å². The number of nitrogens with one attached hydrogen (secondary N) is 1. The van der Waals surface area contributed by atoms with E-state index in [0.29, 0.717) is 23.9 Å². The Balaban J connectivity index is 1.46. The van der Waals surface area contributed by atoms with Gasteiger partial charge in [-0.3, -0.25) is 4.79 Å². The van der Waals surface area contributed by atoms with Crippen LogP contribution in [0.25, 0.3) is 0 Å². The minimum absolute atomic E-state index is 0.144. The van der Waals surface area contributed by atoms with Crippen molar-refractivity contribution in [2.75, 3.05) is 12.4 Å². The molecule has 2 aromatic carbocycles. The van der Waals surface area contributed by atoms with Crippen LogP contribution in [0.5, 0.6) is 5.75 Å². The minimum atomic E-state index is -0.282. The van der Waals surface area contributed by atoms with Gasteiger partial charge in [0.2, 0.25) is 0 Å². The molecule has 29 heavy (non-hydrogen) atoms. The number of hydrogen-bond acceptors (Lipinski definition) is 5. The summed E-state index contributed by atoms with van der Waals surface area (Å²) in [7, 11) is 1.64. The molecule has 3 aromatic rings. The molecule has 0 radical (unpaired) electrons. The molecule has 2 heterocycles. The van der Waals surface area contributed by atoms with E-state index >= 15 is 0 Å². The van der Waals surface area contributed by atoms with Crippen molar-refractivity contribution in [1.29, 1.82) is 0 Å². The Morgan fingerprint density at radius 1 is 1.17 bits per heavy atom. The average Bonchev–Trinajstić information content (AvgIpc) is 3.17. The molecule has 1 amide bonds. The van der Waals surface area contributed by atoms with E-state index in [1.54, 1.807) is 11.8 Å². The third-order valence-electron chi connectivity index (χ3n) is 5.14. The van der Waals surface area contributed by atoms with Gasteiger partial charge in [0.05, 0.1) is 26.0 Å².